The number of nitrogens with one attached hydrogen (secondary N) is 1. The number of benzene rings is 1. The number of carboxylic acids is 1. The molecule has 7 heteroatoms. The van der Waals surface area contributed by atoms with Crippen molar-refractivity contribution in [2.45, 2.75) is 31.6 Å². The van der Waals surface area contributed by atoms with Crippen LogP contribution in [0.5, 0.6) is 0 Å². The molecule has 2 rings (SSSR count). The number of ether oxygens (including phenoxy) is 1. The highest BCUT2D eigenvalue weighted by Gasteiger charge is 2.34. The summed E-state index contributed by atoms with van der Waals surface area (Å²) in [6, 6.07) is 4.18. The second-order valence-corrected chi connectivity index (χ2v) is 5.34. The molecule has 0 aromatic heterocycles. The molecule has 1 fully saturated rings. The summed E-state index contributed by atoms with van der Waals surface area (Å²) in [5.41, 5.74) is 0.729. The Morgan fingerprint density at radius 2 is 2.10 bits per heavy atom. The van der Waals surface area contributed by atoms with Gasteiger partial charge >= 0.3 is 5.97 Å². The SMILES string of the molecule is O=C(NCc1ccc(F)cc1Br)[C@@H]1CC[C@H](C(=O)O)O1. The van der Waals surface area contributed by atoms with Crippen molar-refractivity contribution in [1.82, 2.24) is 5.32 Å². The third kappa shape index (κ3) is 3.55. The Morgan fingerprint density at radius 1 is 1.40 bits per heavy atom. The van der Waals surface area contributed by atoms with Crippen molar-refractivity contribution in [3.63, 3.8) is 0 Å². The maximum Gasteiger partial charge on any atom is 0.332 e. The molecule has 0 aliphatic carbocycles. The lowest BCUT2D eigenvalue weighted by Crippen LogP contribution is -2.35. The van der Waals surface area contributed by atoms with Gasteiger partial charge in [-0.1, -0.05) is 22.0 Å². The lowest BCUT2D eigenvalue weighted by Gasteiger charge is -2.12. The molecule has 20 heavy (non-hydrogen) atoms. The Kier molecular flexibility index (Phi) is 4.72. The van der Waals surface area contributed by atoms with Crippen LogP contribution in [-0.2, 0) is 20.9 Å². The zero-order valence-corrected chi connectivity index (χ0v) is 12.0. The summed E-state index contributed by atoms with van der Waals surface area (Å²) in [5.74, 6) is -1.78. The highest BCUT2D eigenvalue weighted by Crippen LogP contribution is 2.21. The third-order valence-corrected chi connectivity index (χ3v) is 3.79. The molecule has 2 atom stereocenters. The van der Waals surface area contributed by atoms with Gasteiger partial charge in [0.1, 0.15) is 11.9 Å². The normalized spacial score (nSPS) is 21.7. The number of hydrogen-bond donors (Lipinski definition) is 2. The highest BCUT2D eigenvalue weighted by molar-refractivity contribution is 9.10. The second kappa shape index (κ2) is 6.32. The molecule has 108 valence electrons. The monoisotopic (exact) mass is 345 g/mol. The smallest absolute Gasteiger partial charge is 0.332 e. The minimum absolute atomic E-state index is 0.220. The van der Waals surface area contributed by atoms with Crippen LogP contribution >= 0.6 is 15.9 Å². The molecular weight excluding hydrogens is 333 g/mol. The van der Waals surface area contributed by atoms with E-state index in [1.54, 1.807) is 6.07 Å². The van der Waals surface area contributed by atoms with Crippen LogP contribution in [-0.4, -0.2) is 29.2 Å². The molecule has 0 radical (unpaired) electrons. The Labute approximate surface area is 123 Å². The van der Waals surface area contributed by atoms with Gasteiger partial charge in [-0.15, -0.1) is 0 Å². The third-order valence-electron chi connectivity index (χ3n) is 3.06. The van der Waals surface area contributed by atoms with Crippen LogP contribution in [0.2, 0.25) is 0 Å². The fourth-order valence-electron chi connectivity index (χ4n) is 1.97. The maximum absolute atomic E-state index is 12.9. The molecule has 1 amide bonds. The molecular formula is C13H13BrFNO4. The van der Waals surface area contributed by atoms with Gasteiger partial charge in [0, 0.05) is 11.0 Å². The summed E-state index contributed by atoms with van der Waals surface area (Å²) in [7, 11) is 0. The first kappa shape index (κ1) is 14.9. The van der Waals surface area contributed by atoms with E-state index in [9.17, 15) is 14.0 Å². The van der Waals surface area contributed by atoms with E-state index < -0.39 is 18.2 Å². The molecule has 1 aromatic carbocycles. The zero-order valence-electron chi connectivity index (χ0n) is 10.4. The van der Waals surface area contributed by atoms with Gasteiger partial charge in [-0.05, 0) is 30.5 Å². The van der Waals surface area contributed by atoms with Crippen LogP contribution in [0.15, 0.2) is 22.7 Å². The Morgan fingerprint density at radius 3 is 2.70 bits per heavy atom. The maximum atomic E-state index is 12.9. The Hall–Kier alpha value is -1.47. The summed E-state index contributed by atoms with van der Waals surface area (Å²) in [4.78, 5) is 22.6. The lowest BCUT2D eigenvalue weighted by atomic mass is 10.2. The number of hydrogen-bond acceptors (Lipinski definition) is 3. The first-order valence-corrected chi connectivity index (χ1v) is 6.86. The summed E-state index contributed by atoms with van der Waals surface area (Å²) < 4.78 is 18.6. The molecule has 1 saturated heterocycles. The largest absolute Gasteiger partial charge is 0.479 e. The van der Waals surface area contributed by atoms with E-state index in [0.29, 0.717) is 17.3 Å². The average Bonchev–Trinajstić information content (AvgIpc) is 2.87. The van der Waals surface area contributed by atoms with Crippen LogP contribution in [0, 0.1) is 5.82 Å². The van der Waals surface area contributed by atoms with Gasteiger partial charge in [0.25, 0.3) is 0 Å². The first-order valence-electron chi connectivity index (χ1n) is 6.07. The van der Waals surface area contributed by atoms with Crippen molar-refractivity contribution in [1.29, 1.82) is 0 Å². The summed E-state index contributed by atoms with van der Waals surface area (Å²) in [5, 5.41) is 11.4. The van der Waals surface area contributed by atoms with E-state index in [1.165, 1.54) is 12.1 Å². The van der Waals surface area contributed by atoms with E-state index in [0.717, 1.165) is 5.56 Å². The quantitative estimate of drug-likeness (QED) is 0.872. The van der Waals surface area contributed by atoms with Gasteiger partial charge in [0.05, 0.1) is 0 Å². The average molecular weight is 346 g/mol. The van der Waals surface area contributed by atoms with Gasteiger partial charge in [-0.3, -0.25) is 4.79 Å². The minimum Gasteiger partial charge on any atom is -0.479 e. The van der Waals surface area contributed by atoms with Crippen molar-refractivity contribution in [2.75, 3.05) is 0 Å². The van der Waals surface area contributed by atoms with E-state index in [-0.39, 0.29) is 18.3 Å². The standard InChI is InChI=1S/C13H13BrFNO4/c14-9-5-8(15)2-1-7(9)6-16-12(17)10-3-4-11(20-10)13(18)19/h1-2,5,10-11H,3-4,6H2,(H,16,17)(H,18,19)/t10-,11+/m0/s1. The molecule has 1 aromatic rings. The van der Waals surface area contributed by atoms with Crippen LogP contribution in [0.4, 0.5) is 4.39 Å². The van der Waals surface area contributed by atoms with Crippen molar-refractivity contribution < 1.29 is 23.8 Å². The molecule has 2 N–H and O–H groups in total. The Balaban J connectivity index is 1.88. The summed E-state index contributed by atoms with van der Waals surface area (Å²) in [6.45, 7) is 0.220. The first-order chi connectivity index (χ1) is 9.47. The number of carbonyl (C=O) groups excluding carboxylic acids is 1. The van der Waals surface area contributed by atoms with Gasteiger partial charge < -0.3 is 15.2 Å². The van der Waals surface area contributed by atoms with E-state index in [2.05, 4.69) is 21.2 Å². The molecule has 1 aliphatic heterocycles. The summed E-state index contributed by atoms with van der Waals surface area (Å²) in [6.07, 6.45) is -0.945. The van der Waals surface area contributed by atoms with Crippen LogP contribution in [0.25, 0.3) is 0 Å². The lowest BCUT2D eigenvalue weighted by molar-refractivity contribution is -0.151. The van der Waals surface area contributed by atoms with E-state index in [4.69, 9.17) is 9.84 Å². The fraction of sp³-hybridized carbons (Fsp3) is 0.385. The minimum atomic E-state index is -1.05. The van der Waals surface area contributed by atoms with E-state index >= 15 is 0 Å². The second-order valence-electron chi connectivity index (χ2n) is 4.48. The molecule has 0 spiro atoms. The Bertz CT molecular complexity index is 537. The number of carboxylic acid groups (broad SMARTS) is 1. The molecule has 0 unspecified atom stereocenters. The predicted octanol–water partition coefficient (Wildman–Crippen LogP) is 1.84. The predicted molar refractivity (Wildman–Crippen MR) is 71.5 cm³/mol. The van der Waals surface area contributed by atoms with Crippen molar-refractivity contribution >= 4 is 27.8 Å². The fourth-order valence-corrected chi connectivity index (χ4v) is 2.46. The van der Waals surface area contributed by atoms with Gasteiger partial charge in [0.2, 0.25) is 5.91 Å². The molecule has 0 saturated carbocycles. The van der Waals surface area contributed by atoms with Crippen molar-refractivity contribution in [2.24, 2.45) is 0 Å². The van der Waals surface area contributed by atoms with Gasteiger partial charge in [0.15, 0.2) is 6.10 Å². The summed E-state index contributed by atoms with van der Waals surface area (Å²) >= 11 is 3.21. The molecule has 1 aliphatic rings. The number of amides is 1. The van der Waals surface area contributed by atoms with Gasteiger partial charge in [-0.25, -0.2) is 9.18 Å². The number of rotatable bonds is 4. The topological polar surface area (TPSA) is 75.6 Å². The van der Waals surface area contributed by atoms with Crippen LogP contribution < -0.4 is 5.32 Å². The van der Waals surface area contributed by atoms with Crippen LogP contribution in [0.1, 0.15) is 18.4 Å². The number of halogens is 2. The van der Waals surface area contributed by atoms with Crippen LogP contribution in [0.3, 0.4) is 0 Å². The molecule has 5 nitrogen and oxygen atoms in total. The number of aliphatic carboxylic acids is 1. The van der Waals surface area contributed by atoms with Crippen molar-refractivity contribution in [3.8, 4) is 0 Å². The molecule has 0 bridgehead atoms. The van der Waals surface area contributed by atoms with Crippen molar-refractivity contribution in [3.05, 3.63) is 34.1 Å². The van der Waals surface area contributed by atoms with E-state index in [1.807, 2.05) is 0 Å². The van der Waals surface area contributed by atoms with Gasteiger partial charge in [-0.2, -0.15) is 0 Å². The molecule has 1 heterocycles. The number of carbonyl (C=O) groups is 2. The zero-order chi connectivity index (χ0) is 14.7. The highest BCUT2D eigenvalue weighted by atomic mass is 79.9.